The van der Waals surface area contributed by atoms with Crippen molar-refractivity contribution in [2.45, 2.75) is 39.2 Å². The molecule has 0 amide bonds. The SMILES string of the molecule is CC(C)(C)[NH2+]CCCCOc1ccc(Cl)cc1Cl. The highest BCUT2D eigenvalue weighted by molar-refractivity contribution is 6.35. The number of hydrogen-bond donors (Lipinski definition) is 1. The number of rotatable bonds is 6. The smallest absolute Gasteiger partial charge is 0.137 e. The van der Waals surface area contributed by atoms with Crippen molar-refractivity contribution in [2.75, 3.05) is 13.2 Å². The van der Waals surface area contributed by atoms with E-state index in [1.165, 1.54) is 0 Å². The zero-order valence-corrected chi connectivity index (χ0v) is 12.8. The molecule has 0 spiro atoms. The van der Waals surface area contributed by atoms with E-state index in [4.69, 9.17) is 27.9 Å². The van der Waals surface area contributed by atoms with Crippen molar-refractivity contribution in [1.29, 1.82) is 0 Å². The lowest BCUT2D eigenvalue weighted by Crippen LogP contribution is -2.94. The molecule has 0 atom stereocenters. The fourth-order valence-corrected chi connectivity index (χ4v) is 2.02. The average molecular weight is 291 g/mol. The Balaban J connectivity index is 2.18. The minimum absolute atomic E-state index is 0.306. The summed E-state index contributed by atoms with van der Waals surface area (Å²) in [5, 5.41) is 3.55. The molecular formula is C14H22Cl2NO+. The van der Waals surface area contributed by atoms with Crippen LogP contribution < -0.4 is 10.1 Å². The highest BCUT2D eigenvalue weighted by atomic mass is 35.5. The highest BCUT2D eigenvalue weighted by Gasteiger charge is 2.11. The second kappa shape index (κ2) is 7.22. The Morgan fingerprint density at radius 1 is 1.17 bits per heavy atom. The first-order chi connectivity index (χ1) is 8.38. The lowest BCUT2D eigenvalue weighted by molar-refractivity contribution is -0.717. The van der Waals surface area contributed by atoms with E-state index in [9.17, 15) is 0 Å². The molecule has 1 aromatic rings. The molecule has 0 aliphatic rings. The lowest BCUT2D eigenvalue weighted by atomic mass is 10.1. The van der Waals surface area contributed by atoms with Crippen molar-refractivity contribution in [2.24, 2.45) is 0 Å². The molecule has 0 aliphatic carbocycles. The van der Waals surface area contributed by atoms with Gasteiger partial charge >= 0.3 is 0 Å². The zero-order chi connectivity index (χ0) is 13.6. The Morgan fingerprint density at radius 3 is 2.50 bits per heavy atom. The molecule has 0 heterocycles. The molecule has 0 fully saturated rings. The molecular weight excluding hydrogens is 269 g/mol. The van der Waals surface area contributed by atoms with Crippen LogP contribution in [0.4, 0.5) is 0 Å². The highest BCUT2D eigenvalue weighted by Crippen LogP contribution is 2.27. The fraction of sp³-hybridized carbons (Fsp3) is 0.571. The predicted octanol–water partition coefficient (Wildman–Crippen LogP) is 3.51. The molecule has 1 rings (SSSR count). The van der Waals surface area contributed by atoms with E-state index >= 15 is 0 Å². The van der Waals surface area contributed by atoms with E-state index in [2.05, 4.69) is 26.1 Å². The summed E-state index contributed by atoms with van der Waals surface area (Å²) in [5.74, 6) is 0.709. The maximum atomic E-state index is 6.01. The van der Waals surface area contributed by atoms with Gasteiger partial charge < -0.3 is 10.1 Å². The fourth-order valence-electron chi connectivity index (χ4n) is 1.56. The number of quaternary nitrogens is 1. The van der Waals surface area contributed by atoms with Crippen LogP contribution in [0.15, 0.2) is 18.2 Å². The van der Waals surface area contributed by atoms with Gasteiger partial charge in [0.25, 0.3) is 0 Å². The molecule has 1 aromatic carbocycles. The van der Waals surface area contributed by atoms with Crippen molar-refractivity contribution < 1.29 is 10.1 Å². The van der Waals surface area contributed by atoms with Crippen LogP contribution in [0.25, 0.3) is 0 Å². The molecule has 0 radical (unpaired) electrons. The van der Waals surface area contributed by atoms with Gasteiger partial charge in [0.2, 0.25) is 0 Å². The minimum atomic E-state index is 0.306. The van der Waals surface area contributed by atoms with E-state index in [0.29, 0.717) is 27.9 Å². The van der Waals surface area contributed by atoms with Gasteiger partial charge in [-0.25, -0.2) is 0 Å². The second-order valence-corrected chi connectivity index (χ2v) is 6.33. The molecule has 0 unspecified atom stereocenters. The van der Waals surface area contributed by atoms with Gasteiger partial charge in [0.05, 0.1) is 23.7 Å². The number of unbranched alkanes of at least 4 members (excludes halogenated alkanes) is 1. The number of hydrogen-bond acceptors (Lipinski definition) is 1. The second-order valence-electron chi connectivity index (χ2n) is 5.49. The predicted molar refractivity (Wildman–Crippen MR) is 77.7 cm³/mol. The molecule has 102 valence electrons. The van der Waals surface area contributed by atoms with Gasteiger partial charge in [-0.15, -0.1) is 0 Å². The summed E-state index contributed by atoms with van der Waals surface area (Å²) in [7, 11) is 0. The van der Waals surface area contributed by atoms with Gasteiger partial charge in [-0.1, -0.05) is 23.2 Å². The van der Waals surface area contributed by atoms with E-state index in [-0.39, 0.29) is 0 Å². The molecule has 0 saturated carbocycles. The van der Waals surface area contributed by atoms with E-state index in [1.807, 2.05) is 6.07 Å². The van der Waals surface area contributed by atoms with Crippen LogP contribution in [-0.4, -0.2) is 18.7 Å². The molecule has 0 bridgehead atoms. The Kier molecular flexibility index (Phi) is 6.27. The third kappa shape index (κ3) is 6.48. The molecule has 4 heteroatoms. The van der Waals surface area contributed by atoms with E-state index in [1.54, 1.807) is 12.1 Å². The van der Waals surface area contributed by atoms with Gasteiger partial charge in [0.1, 0.15) is 5.75 Å². The first-order valence-electron chi connectivity index (χ1n) is 6.31. The molecule has 2 N–H and O–H groups in total. The van der Waals surface area contributed by atoms with Crippen molar-refractivity contribution in [3.8, 4) is 5.75 Å². The Bertz CT molecular complexity index is 375. The summed E-state index contributed by atoms with van der Waals surface area (Å²) >= 11 is 11.8. The van der Waals surface area contributed by atoms with Gasteiger partial charge in [-0.05, 0) is 51.8 Å². The standard InChI is InChI=1S/C14H21Cl2NO/c1-14(2,3)17-8-4-5-9-18-13-7-6-11(15)10-12(13)16/h6-7,10,17H,4-5,8-9H2,1-3H3/p+1. The van der Waals surface area contributed by atoms with Crippen LogP contribution in [0, 0.1) is 0 Å². The van der Waals surface area contributed by atoms with Crippen LogP contribution in [0.1, 0.15) is 33.6 Å². The molecule has 2 nitrogen and oxygen atoms in total. The Labute approximate surface area is 120 Å². The van der Waals surface area contributed by atoms with Gasteiger partial charge in [0.15, 0.2) is 0 Å². The van der Waals surface area contributed by atoms with E-state index < -0.39 is 0 Å². The summed E-state index contributed by atoms with van der Waals surface area (Å²) in [6.07, 6.45) is 2.17. The average Bonchev–Trinajstić information content (AvgIpc) is 2.24. The minimum Gasteiger partial charge on any atom is -0.492 e. The van der Waals surface area contributed by atoms with Gasteiger partial charge in [0, 0.05) is 5.02 Å². The third-order valence-corrected chi connectivity index (χ3v) is 3.04. The van der Waals surface area contributed by atoms with Crippen LogP contribution >= 0.6 is 23.2 Å². The number of halogens is 2. The maximum absolute atomic E-state index is 6.01. The van der Waals surface area contributed by atoms with Crippen LogP contribution in [0.2, 0.25) is 10.0 Å². The first kappa shape index (κ1) is 15.6. The molecule has 0 saturated heterocycles. The zero-order valence-electron chi connectivity index (χ0n) is 11.3. The van der Waals surface area contributed by atoms with Crippen LogP contribution in [0.5, 0.6) is 5.75 Å². The maximum Gasteiger partial charge on any atom is 0.137 e. The summed E-state index contributed by atoms with van der Waals surface area (Å²) in [4.78, 5) is 0. The largest absolute Gasteiger partial charge is 0.492 e. The summed E-state index contributed by atoms with van der Waals surface area (Å²) < 4.78 is 5.62. The first-order valence-corrected chi connectivity index (χ1v) is 7.06. The number of nitrogens with two attached hydrogens (primary N) is 1. The normalized spacial score (nSPS) is 11.6. The molecule has 18 heavy (non-hydrogen) atoms. The van der Waals surface area contributed by atoms with Crippen molar-refractivity contribution in [3.05, 3.63) is 28.2 Å². The Morgan fingerprint density at radius 2 is 1.89 bits per heavy atom. The molecule has 0 aliphatic heterocycles. The van der Waals surface area contributed by atoms with Crippen LogP contribution in [-0.2, 0) is 0 Å². The number of benzene rings is 1. The summed E-state index contributed by atoms with van der Waals surface area (Å²) in [6, 6.07) is 5.30. The summed E-state index contributed by atoms with van der Waals surface area (Å²) in [6.45, 7) is 8.48. The number of ether oxygens (including phenoxy) is 1. The molecule has 0 aromatic heterocycles. The van der Waals surface area contributed by atoms with Gasteiger partial charge in [-0.2, -0.15) is 0 Å². The topological polar surface area (TPSA) is 25.8 Å². The Hall–Kier alpha value is -0.440. The van der Waals surface area contributed by atoms with E-state index in [0.717, 1.165) is 19.4 Å². The van der Waals surface area contributed by atoms with Gasteiger partial charge in [-0.3, -0.25) is 0 Å². The van der Waals surface area contributed by atoms with Crippen LogP contribution in [0.3, 0.4) is 0 Å². The van der Waals surface area contributed by atoms with Crippen molar-refractivity contribution >= 4 is 23.2 Å². The lowest BCUT2D eigenvalue weighted by Gasteiger charge is -2.16. The monoisotopic (exact) mass is 290 g/mol. The van der Waals surface area contributed by atoms with Crippen molar-refractivity contribution in [3.63, 3.8) is 0 Å². The van der Waals surface area contributed by atoms with Crippen molar-refractivity contribution in [1.82, 2.24) is 0 Å². The quantitative estimate of drug-likeness (QED) is 0.797. The summed E-state index contributed by atoms with van der Waals surface area (Å²) in [5.41, 5.74) is 0.306. The third-order valence-electron chi connectivity index (χ3n) is 2.51.